The number of nitrogens with zero attached hydrogens (tertiary/aromatic N) is 2. The van der Waals surface area contributed by atoms with Crippen LogP contribution in [0.25, 0.3) is 0 Å². The molecule has 0 saturated carbocycles. The predicted octanol–water partition coefficient (Wildman–Crippen LogP) is 5.15. The quantitative estimate of drug-likeness (QED) is 0.694. The summed E-state index contributed by atoms with van der Waals surface area (Å²) in [5.74, 6) is 0.355. The summed E-state index contributed by atoms with van der Waals surface area (Å²) in [4.78, 5) is 2.43. The highest BCUT2D eigenvalue weighted by Crippen LogP contribution is 2.37. The van der Waals surface area contributed by atoms with Crippen LogP contribution in [0.2, 0.25) is 5.02 Å². The Balaban J connectivity index is 1.79. The third kappa shape index (κ3) is 3.25. The van der Waals surface area contributed by atoms with Gasteiger partial charge in [0.05, 0.1) is 6.04 Å². The molecule has 0 aliphatic carbocycles. The molecule has 0 saturated heterocycles. The lowest BCUT2D eigenvalue weighted by Gasteiger charge is -2.31. The lowest BCUT2D eigenvalue weighted by atomic mass is 10.0. The molecule has 1 unspecified atom stereocenters. The number of aromatic nitrogens is 1. The van der Waals surface area contributed by atoms with Crippen LogP contribution in [0.15, 0.2) is 60.8 Å². The van der Waals surface area contributed by atoms with Crippen LogP contribution in [0.1, 0.15) is 34.8 Å². The standard InChI is InChI=1S/C22H23ClN2O/c1-16-9-10-21(26)17(14-16)15-25-13-5-12-24-11-4-8-20(24)22(25)18-6-2-3-7-19(18)23/h2-4,6-11,14,22,26H,5,12-13,15H2,1H3. The third-order valence-electron chi connectivity index (χ3n) is 5.16. The van der Waals surface area contributed by atoms with Crippen LogP contribution in [-0.2, 0) is 13.1 Å². The predicted molar refractivity (Wildman–Crippen MR) is 106 cm³/mol. The SMILES string of the molecule is Cc1ccc(O)c(CN2CCCn3cccc3C2c2ccccc2Cl)c1. The van der Waals surface area contributed by atoms with E-state index in [0.29, 0.717) is 12.3 Å². The molecular weight excluding hydrogens is 344 g/mol. The first-order valence-corrected chi connectivity index (χ1v) is 9.43. The van der Waals surface area contributed by atoms with Gasteiger partial charge in [-0.15, -0.1) is 0 Å². The molecule has 0 bridgehead atoms. The van der Waals surface area contributed by atoms with Gasteiger partial charge in [-0.2, -0.15) is 0 Å². The van der Waals surface area contributed by atoms with Crippen LogP contribution in [-0.4, -0.2) is 21.1 Å². The fraction of sp³-hybridized carbons (Fsp3) is 0.273. The highest BCUT2D eigenvalue weighted by atomic mass is 35.5. The fourth-order valence-corrected chi connectivity index (χ4v) is 4.16. The smallest absolute Gasteiger partial charge is 0.120 e. The number of fused-ring (bicyclic) bond motifs is 1. The van der Waals surface area contributed by atoms with Gasteiger partial charge in [0, 0.05) is 42.1 Å². The lowest BCUT2D eigenvalue weighted by molar-refractivity contribution is 0.218. The lowest BCUT2D eigenvalue weighted by Crippen LogP contribution is -2.29. The Morgan fingerprint density at radius 3 is 2.77 bits per heavy atom. The van der Waals surface area contributed by atoms with Crippen molar-refractivity contribution in [3.8, 4) is 5.75 Å². The zero-order chi connectivity index (χ0) is 18.1. The zero-order valence-electron chi connectivity index (χ0n) is 14.9. The van der Waals surface area contributed by atoms with Gasteiger partial charge in [-0.3, -0.25) is 4.90 Å². The Kier molecular flexibility index (Phi) is 4.75. The van der Waals surface area contributed by atoms with Crippen molar-refractivity contribution in [3.63, 3.8) is 0 Å². The second-order valence-corrected chi connectivity index (χ2v) is 7.41. The number of phenolic OH excluding ortho intramolecular Hbond substituents is 1. The fourth-order valence-electron chi connectivity index (χ4n) is 3.92. The average Bonchev–Trinajstić information content (AvgIpc) is 3.01. The maximum Gasteiger partial charge on any atom is 0.120 e. The zero-order valence-corrected chi connectivity index (χ0v) is 15.7. The van der Waals surface area contributed by atoms with Gasteiger partial charge in [-0.1, -0.05) is 47.5 Å². The molecule has 3 aromatic rings. The van der Waals surface area contributed by atoms with E-state index >= 15 is 0 Å². The molecule has 0 fully saturated rings. The molecule has 1 N–H and O–H groups in total. The monoisotopic (exact) mass is 366 g/mol. The molecule has 1 aliphatic rings. The second kappa shape index (κ2) is 7.18. The molecule has 1 aromatic heterocycles. The van der Waals surface area contributed by atoms with E-state index in [0.717, 1.165) is 41.2 Å². The summed E-state index contributed by atoms with van der Waals surface area (Å²) >= 11 is 6.58. The molecule has 26 heavy (non-hydrogen) atoms. The third-order valence-corrected chi connectivity index (χ3v) is 5.51. The highest BCUT2D eigenvalue weighted by molar-refractivity contribution is 6.31. The van der Waals surface area contributed by atoms with Gasteiger partial charge in [-0.05, 0) is 43.2 Å². The molecule has 4 rings (SSSR count). The number of halogens is 1. The molecule has 0 amide bonds. The molecule has 0 spiro atoms. The van der Waals surface area contributed by atoms with Crippen LogP contribution >= 0.6 is 11.6 Å². The molecule has 4 heteroatoms. The molecule has 1 aliphatic heterocycles. The summed E-state index contributed by atoms with van der Waals surface area (Å²) in [5.41, 5.74) is 4.48. The van der Waals surface area contributed by atoms with Gasteiger partial charge in [0.1, 0.15) is 5.75 Å². The van der Waals surface area contributed by atoms with Crippen LogP contribution in [0.3, 0.4) is 0 Å². The van der Waals surface area contributed by atoms with Crippen molar-refractivity contribution >= 4 is 11.6 Å². The van der Waals surface area contributed by atoms with Gasteiger partial charge >= 0.3 is 0 Å². The summed E-state index contributed by atoms with van der Waals surface area (Å²) in [6.07, 6.45) is 3.21. The Morgan fingerprint density at radius 1 is 1.08 bits per heavy atom. The topological polar surface area (TPSA) is 28.4 Å². The Labute approximate surface area is 159 Å². The molecule has 0 radical (unpaired) electrons. The van der Waals surface area contributed by atoms with Crippen molar-refractivity contribution in [3.05, 3.63) is 88.2 Å². The minimum atomic E-state index is 0.0705. The first kappa shape index (κ1) is 17.2. The van der Waals surface area contributed by atoms with Crippen LogP contribution in [0, 0.1) is 6.92 Å². The van der Waals surface area contributed by atoms with E-state index in [-0.39, 0.29) is 6.04 Å². The van der Waals surface area contributed by atoms with E-state index in [4.69, 9.17) is 11.6 Å². The van der Waals surface area contributed by atoms with Gasteiger partial charge in [0.25, 0.3) is 0 Å². The van der Waals surface area contributed by atoms with Crippen LogP contribution < -0.4 is 0 Å². The van der Waals surface area contributed by atoms with E-state index in [9.17, 15) is 5.11 Å². The minimum absolute atomic E-state index is 0.0705. The minimum Gasteiger partial charge on any atom is -0.508 e. The van der Waals surface area contributed by atoms with Crippen molar-refractivity contribution in [2.24, 2.45) is 0 Å². The maximum atomic E-state index is 10.3. The second-order valence-electron chi connectivity index (χ2n) is 7.01. The number of aromatic hydroxyl groups is 1. The number of phenols is 1. The molecule has 2 heterocycles. The van der Waals surface area contributed by atoms with Crippen molar-refractivity contribution in [2.45, 2.75) is 32.5 Å². The number of aryl methyl sites for hydroxylation is 2. The number of hydrogen-bond acceptors (Lipinski definition) is 2. The Morgan fingerprint density at radius 2 is 1.92 bits per heavy atom. The average molecular weight is 367 g/mol. The van der Waals surface area contributed by atoms with Crippen molar-refractivity contribution in [2.75, 3.05) is 6.54 Å². The van der Waals surface area contributed by atoms with Crippen LogP contribution in [0.5, 0.6) is 5.75 Å². The summed E-state index contributed by atoms with van der Waals surface area (Å²) in [7, 11) is 0. The number of benzene rings is 2. The van der Waals surface area contributed by atoms with Crippen molar-refractivity contribution in [1.82, 2.24) is 9.47 Å². The first-order valence-electron chi connectivity index (χ1n) is 9.05. The normalized spacial score (nSPS) is 17.7. The van der Waals surface area contributed by atoms with E-state index in [1.54, 1.807) is 6.07 Å². The summed E-state index contributed by atoms with van der Waals surface area (Å²) in [5, 5.41) is 11.1. The van der Waals surface area contributed by atoms with Crippen molar-refractivity contribution < 1.29 is 5.11 Å². The largest absolute Gasteiger partial charge is 0.508 e. The summed E-state index contributed by atoms with van der Waals surface area (Å²) in [6.45, 7) is 4.70. The summed E-state index contributed by atoms with van der Waals surface area (Å²) < 4.78 is 2.32. The van der Waals surface area contributed by atoms with Crippen LogP contribution in [0.4, 0.5) is 0 Å². The van der Waals surface area contributed by atoms with E-state index in [1.165, 1.54) is 5.69 Å². The molecule has 3 nitrogen and oxygen atoms in total. The van der Waals surface area contributed by atoms with Crippen molar-refractivity contribution in [1.29, 1.82) is 0 Å². The number of hydrogen-bond donors (Lipinski definition) is 1. The molecular formula is C22H23ClN2O. The molecule has 2 aromatic carbocycles. The molecule has 134 valence electrons. The van der Waals surface area contributed by atoms with Gasteiger partial charge in [0.15, 0.2) is 0 Å². The van der Waals surface area contributed by atoms with E-state index in [1.807, 2.05) is 24.3 Å². The van der Waals surface area contributed by atoms with Gasteiger partial charge in [0.2, 0.25) is 0 Å². The van der Waals surface area contributed by atoms with E-state index in [2.05, 4.69) is 46.9 Å². The molecule has 1 atom stereocenters. The van der Waals surface area contributed by atoms with Gasteiger partial charge < -0.3 is 9.67 Å². The maximum absolute atomic E-state index is 10.3. The number of rotatable bonds is 3. The highest BCUT2D eigenvalue weighted by Gasteiger charge is 2.29. The van der Waals surface area contributed by atoms with E-state index < -0.39 is 0 Å². The Hall–Kier alpha value is -2.23. The summed E-state index contributed by atoms with van der Waals surface area (Å²) in [6, 6.07) is 18.2. The first-order chi connectivity index (χ1) is 12.6. The Bertz CT molecular complexity index is 918. The van der Waals surface area contributed by atoms with Gasteiger partial charge in [-0.25, -0.2) is 0 Å².